The fourth-order valence-corrected chi connectivity index (χ4v) is 3.43. The van der Waals surface area contributed by atoms with Gasteiger partial charge in [0.25, 0.3) is 5.91 Å². The highest BCUT2D eigenvalue weighted by Gasteiger charge is 2.29. The van der Waals surface area contributed by atoms with Gasteiger partial charge in [-0.2, -0.15) is 0 Å². The zero-order valence-corrected chi connectivity index (χ0v) is 14.9. The zero-order valence-electron chi connectivity index (χ0n) is 14.1. The second-order valence-electron chi connectivity index (χ2n) is 6.40. The summed E-state index contributed by atoms with van der Waals surface area (Å²) in [7, 11) is 1.78. The third-order valence-corrected chi connectivity index (χ3v) is 5.16. The topological polar surface area (TPSA) is 53.2 Å². The molecule has 1 unspecified atom stereocenters. The maximum Gasteiger partial charge on any atom is 0.270 e. The first-order valence-electron chi connectivity index (χ1n) is 8.17. The molecule has 0 fully saturated rings. The standard InChI is InChI=1S/C19H21ClN2O2/c1-11-17-15(5-4-6-16(17)23)21-18(11)19(24)22(3)12(2)13-7-9-14(20)10-8-13/h7-10,12,21H,4-6H2,1-3H3. The minimum atomic E-state index is -0.0999. The lowest BCUT2D eigenvalue weighted by Gasteiger charge is -2.25. The van der Waals surface area contributed by atoms with E-state index in [0.717, 1.165) is 35.2 Å². The molecule has 1 amide bonds. The van der Waals surface area contributed by atoms with Gasteiger partial charge in [-0.1, -0.05) is 23.7 Å². The van der Waals surface area contributed by atoms with Crippen molar-refractivity contribution in [1.82, 2.24) is 9.88 Å². The number of fused-ring (bicyclic) bond motifs is 1. The molecule has 2 aromatic rings. The van der Waals surface area contributed by atoms with E-state index in [4.69, 9.17) is 11.6 Å². The van der Waals surface area contributed by atoms with Gasteiger partial charge in [-0.25, -0.2) is 0 Å². The Hall–Kier alpha value is -2.07. The number of Topliss-reactive ketones (excluding diaryl/α,β-unsaturated/α-hetero) is 1. The Bertz CT molecular complexity index is 792. The van der Waals surface area contributed by atoms with Gasteiger partial charge in [0.15, 0.2) is 5.78 Å². The second kappa shape index (κ2) is 6.44. The number of rotatable bonds is 3. The molecule has 126 valence electrons. The van der Waals surface area contributed by atoms with Crippen molar-refractivity contribution < 1.29 is 9.59 Å². The van der Waals surface area contributed by atoms with Gasteiger partial charge in [0.1, 0.15) is 5.69 Å². The minimum absolute atomic E-state index is 0.0924. The number of halogens is 1. The number of aromatic amines is 1. The lowest BCUT2D eigenvalue weighted by atomic mass is 9.93. The third-order valence-electron chi connectivity index (χ3n) is 4.90. The number of carbonyl (C=O) groups excluding carboxylic acids is 2. The predicted octanol–water partition coefficient (Wildman–Crippen LogP) is 4.33. The van der Waals surface area contributed by atoms with Crippen LogP contribution in [0.1, 0.15) is 63.5 Å². The fourth-order valence-electron chi connectivity index (χ4n) is 3.31. The number of carbonyl (C=O) groups is 2. The summed E-state index contributed by atoms with van der Waals surface area (Å²) < 4.78 is 0. The Morgan fingerprint density at radius 1 is 1.25 bits per heavy atom. The molecule has 5 heteroatoms. The molecule has 1 aliphatic carbocycles. The van der Waals surface area contributed by atoms with E-state index in [9.17, 15) is 9.59 Å². The van der Waals surface area contributed by atoms with Crippen LogP contribution in [0.3, 0.4) is 0 Å². The zero-order chi connectivity index (χ0) is 17.4. The van der Waals surface area contributed by atoms with Crippen LogP contribution >= 0.6 is 11.6 Å². The Balaban J connectivity index is 1.88. The summed E-state index contributed by atoms with van der Waals surface area (Å²) in [5.74, 6) is 0.0367. The van der Waals surface area contributed by atoms with E-state index in [1.165, 1.54) is 0 Å². The summed E-state index contributed by atoms with van der Waals surface area (Å²) in [5.41, 5.74) is 3.94. The molecule has 0 spiro atoms. The van der Waals surface area contributed by atoms with Gasteiger partial charge in [0.05, 0.1) is 6.04 Å². The highest BCUT2D eigenvalue weighted by molar-refractivity contribution is 6.30. The third kappa shape index (κ3) is 2.86. The average Bonchev–Trinajstić information content (AvgIpc) is 2.91. The van der Waals surface area contributed by atoms with Crippen molar-refractivity contribution in [3.63, 3.8) is 0 Å². The summed E-state index contributed by atoms with van der Waals surface area (Å²) in [6.45, 7) is 3.83. The summed E-state index contributed by atoms with van der Waals surface area (Å²) in [5, 5.41) is 0.673. The van der Waals surface area contributed by atoms with Crippen LogP contribution in [-0.4, -0.2) is 28.6 Å². The molecule has 0 saturated heterocycles. The number of benzene rings is 1. The van der Waals surface area contributed by atoms with Crippen LogP contribution in [0.5, 0.6) is 0 Å². The smallest absolute Gasteiger partial charge is 0.270 e. The van der Waals surface area contributed by atoms with Gasteiger partial charge >= 0.3 is 0 Å². The molecule has 1 heterocycles. The summed E-state index contributed by atoms with van der Waals surface area (Å²) in [6, 6.07) is 7.40. The van der Waals surface area contributed by atoms with Gasteiger partial charge in [0, 0.05) is 29.7 Å². The lowest BCUT2D eigenvalue weighted by Crippen LogP contribution is -2.30. The van der Waals surface area contributed by atoms with Crippen molar-refractivity contribution in [3.8, 4) is 0 Å². The molecular weight excluding hydrogens is 324 g/mol. The van der Waals surface area contributed by atoms with Crippen LogP contribution in [0.2, 0.25) is 5.02 Å². The van der Waals surface area contributed by atoms with Crippen LogP contribution in [0.4, 0.5) is 0 Å². The van der Waals surface area contributed by atoms with E-state index in [1.54, 1.807) is 11.9 Å². The van der Waals surface area contributed by atoms with Crippen LogP contribution in [0.15, 0.2) is 24.3 Å². The highest BCUT2D eigenvalue weighted by atomic mass is 35.5. The molecule has 0 aliphatic heterocycles. The molecule has 1 N–H and O–H groups in total. The number of nitrogens with zero attached hydrogens (tertiary/aromatic N) is 1. The van der Waals surface area contributed by atoms with E-state index in [0.29, 0.717) is 17.1 Å². The first-order chi connectivity index (χ1) is 11.4. The molecule has 0 saturated carbocycles. The quantitative estimate of drug-likeness (QED) is 0.901. The molecule has 1 atom stereocenters. The Kier molecular flexibility index (Phi) is 4.50. The Morgan fingerprint density at radius 2 is 1.92 bits per heavy atom. The summed E-state index contributed by atoms with van der Waals surface area (Å²) in [6.07, 6.45) is 2.23. The molecule has 4 nitrogen and oxygen atoms in total. The number of aromatic nitrogens is 1. The Morgan fingerprint density at radius 3 is 2.54 bits per heavy atom. The van der Waals surface area contributed by atoms with Crippen LogP contribution < -0.4 is 0 Å². The maximum absolute atomic E-state index is 12.9. The van der Waals surface area contributed by atoms with Gasteiger partial charge in [-0.05, 0) is 49.9 Å². The first-order valence-corrected chi connectivity index (χ1v) is 8.55. The lowest BCUT2D eigenvalue weighted by molar-refractivity contribution is 0.0736. The van der Waals surface area contributed by atoms with E-state index in [1.807, 2.05) is 38.1 Å². The largest absolute Gasteiger partial charge is 0.354 e. The Labute approximate surface area is 146 Å². The van der Waals surface area contributed by atoms with Gasteiger partial charge < -0.3 is 9.88 Å². The number of H-pyrrole nitrogens is 1. The maximum atomic E-state index is 12.9. The molecule has 0 radical (unpaired) electrons. The molecule has 3 rings (SSSR count). The van der Waals surface area contributed by atoms with Crippen molar-refractivity contribution >= 4 is 23.3 Å². The van der Waals surface area contributed by atoms with E-state index in [2.05, 4.69) is 4.98 Å². The molecule has 0 bridgehead atoms. The number of nitrogens with one attached hydrogen (secondary N) is 1. The minimum Gasteiger partial charge on any atom is -0.354 e. The monoisotopic (exact) mass is 344 g/mol. The van der Waals surface area contributed by atoms with Gasteiger partial charge in [-0.3, -0.25) is 9.59 Å². The van der Waals surface area contributed by atoms with Crippen molar-refractivity contribution in [2.24, 2.45) is 0 Å². The van der Waals surface area contributed by atoms with Crippen molar-refractivity contribution in [1.29, 1.82) is 0 Å². The fraction of sp³-hybridized carbons (Fsp3) is 0.368. The number of aryl methyl sites for hydroxylation is 1. The van der Waals surface area contributed by atoms with E-state index < -0.39 is 0 Å². The van der Waals surface area contributed by atoms with Gasteiger partial charge in [0.2, 0.25) is 0 Å². The van der Waals surface area contributed by atoms with Gasteiger partial charge in [-0.15, -0.1) is 0 Å². The molecule has 1 aliphatic rings. The number of hydrogen-bond acceptors (Lipinski definition) is 2. The molecule has 24 heavy (non-hydrogen) atoms. The van der Waals surface area contributed by atoms with E-state index in [-0.39, 0.29) is 17.7 Å². The van der Waals surface area contributed by atoms with Crippen LogP contribution in [0, 0.1) is 6.92 Å². The van der Waals surface area contributed by atoms with Crippen molar-refractivity contribution in [3.05, 3.63) is 57.4 Å². The summed E-state index contributed by atoms with van der Waals surface area (Å²) >= 11 is 5.93. The number of hydrogen-bond donors (Lipinski definition) is 1. The van der Waals surface area contributed by atoms with E-state index >= 15 is 0 Å². The van der Waals surface area contributed by atoms with Crippen LogP contribution in [-0.2, 0) is 6.42 Å². The average molecular weight is 345 g/mol. The predicted molar refractivity (Wildman–Crippen MR) is 94.8 cm³/mol. The summed E-state index contributed by atoms with van der Waals surface area (Å²) in [4.78, 5) is 30.0. The highest BCUT2D eigenvalue weighted by Crippen LogP contribution is 2.29. The number of ketones is 1. The number of amides is 1. The van der Waals surface area contributed by atoms with Crippen LogP contribution in [0.25, 0.3) is 0 Å². The second-order valence-corrected chi connectivity index (χ2v) is 6.84. The molecule has 1 aromatic carbocycles. The molecular formula is C19H21ClN2O2. The van der Waals surface area contributed by atoms with Crippen molar-refractivity contribution in [2.45, 2.75) is 39.2 Å². The first kappa shape index (κ1) is 16.8. The normalized spacial score (nSPS) is 15.1. The van der Waals surface area contributed by atoms with Crippen molar-refractivity contribution in [2.75, 3.05) is 7.05 Å². The molecule has 1 aromatic heterocycles. The SMILES string of the molecule is Cc1c(C(=O)N(C)C(C)c2ccc(Cl)cc2)[nH]c2c1C(=O)CCC2.